The smallest absolute Gasteiger partial charge is 0.225 e. The van der Waals surface area contributed by atoms with Gasteiger partial charge in [0.15, 0.2) is 0 Å². The van der Waals surface area contributed by atoms with Crippen molar-refractivity contribution >= 4 is 36.6 Å². The third-order valence-electron chi connectivity index (χ3n) is 3.43. The Balaban J connectivity index is 0. The van der Waals surface area contributed by atoms with E-state index in [9.17, 15) is 9.59 Å². The first-order chi connectivity index (χ1) is 8.93. The standard InChI is InChI=1S/C13H26N4O2.2ClH/c1-10(7-14)8-15-13(19)11-6-12(18)17(9-11)5-4-16(2)3;;/h10-11H,4-9,14H2,1-3H3,(H,15,19);2*1H. The fourth-order valence-corrected chi connectivity index (χ4v) is 1.99. The number of likely N-dealkylation sites (N-methyl/N-ethyl adjacent to an activating group) is 1. The molecule has 1 aliphatic heterocycles. The van der Waals surface area contributed by atoms with Crippen molar-refractivity contribution in [2.75, 3.05) is 46.8 Å². The molecule has 1 rings (SSSR count). The molecule has 1 aliphatic rings. The van der Waals surface area contributed by atoms with Crippen LogP contribution in [0.2, 0.25) is 0 Å². The molecule has 126 valence electrons. The Morgan fingerprint density at radius 2 is 2.10 bits per heavy atom. The monoisotopic (exact) mass is 342 g/mol. The van der Waals surface area contributed by atoms with Gasteiger partial charge in [0.2, 0.25) is 11.8 Å². The van der Waals surface area contributed by atoms with E-state index in [4.69, 9.17) is 5.73 Å². The number of carbonyl (C=O) groups excluding carboxylic acids is 2. The molecule has 21 heavy (non-hydrogen) atoms. The SMILES string of the molecule is CC(CN)CNC(=O)C1CC(=O)N(CCN(C)C)C1.Cl.Cl. The first-order valence-corrected chi connectivity index (χ1v) is 6.84. The minimum atomic E-state index is -0.209. The second-order valence-electron chi connectivity index (χ2n) is 5.63. The van der Waals surface area contributed by atoms with Gasteiger partial charge in [-0.3, -0.25) is 9.59 Å². The molecule has 0 radical (unpaired) electrons. The first-order valence-electron chi connectivity index (χ1n) is 6.84. The predicted molar refractivity (Wildman–Crippen MR) is 89.0 cm³/mol. The molecule has 3 N–H and O–H groups in total. The van der Waals surface area contributed by atoms with Crippen LogP contribution in [0.3, 0.4) is 0 Å². The van der Waals surface area contributed by atoms with Crippen LogP contribution in [0.25, 0.3) is 0 Å². The number of nitrogens with zero attached hydrogens (tertiary/aromatic N) is 2. The topological polar surface area (TPSA) is 78.7 Å². The molecule has 0 saturated carbocycles. The van der Waals surface area contributed by atoms with Gasteiger partial charge in [0, 0.05) is 32.6 Å². The lowest BCUT2D eigenvalue weighted by Gasteiger charge is -2.19. The molecule has 2 unspecified atom stereocenters. The maximum absolute atomic E-state index is 12.0. The summed E-state index contributed by atoms with van der Waals surface area (Å²) in [5.41, 5.74) is 5.51. The van der Waals surface area contributed by atoms with Gasteiger partial charge < -0.3 is 20.9 Å². The normalized spacial score (nSPS) is 19.0. The summed E-state index contributed by atoms with van der Waals surface area (Å²) in [5.74, 6) is 0.111. The van der Waals surface area contributed by atoms with Crippen molar-refractivity contribution in [3.05, 3.63) is 0 Å². The molecule has 2 atom stereocenters. The number of rotatable bonds is 7. The molecule has 0 aromatic rings. The van der Waals surface area contributed by atoms with E-state index < -0.39 is 0 Å². The number of halogens is 2. The second kappa shape index (κ2) is 11.1. The van der Waals surface area contributed by atoms with Crippen LogP contribution in [0, 0.1) is 11.8 Å². The Morgan fingerprint density at radius 3 is 2.62 bits per heavy atom. The summed E-state index contributed by atoms with van der Waals surface area (Å²) in [6.45, 7) is 5.18. The molecular formula is C13H28Cl2N4O2. The average Bonchev–Trinajstić information content (AvgIpc) is 2.74. The van der Waals surface area contributed by atoms with Gasteiger partial charge in [-0.2, -0.15) is 0 Å². The molecule has 6 nitrogen and oxygen atoms in total. The average molecular weight is 343 g/mol. The molecule has 1 saturated heterocycles. The van der Waals surface area contributed by atoms with Crippen LogP contribution < -0.4 is 11.1 Å². The highest BCUT2D eigenvalue weighted by Crippen LogP contribution is 2.17. The van der Waals surface area contributed by atoms with E-state index >= 15 is 0 Å². The summed E-state index contributed by atoms with van der Waals surface area (Å²) >= 11 is 0. The lowest BCUT2D eigenvalue weighted by atomic mass is 10.1. The fraction of sp³-hybridized carbons (Fsp3) is 0.846. The van der Waals surface area contributed by atoms with E-state index in [1.54, 1.807) is 4.90 Å². The van der Waals surface area contributed by atoms with Crippen LogP contribution >= 0.6 is 24.8 Å². The Morgan fingerprint density at radius 1 is 1.48 bits per heavy atom. The molecule has 2 amide bonds. The van der Waals surface area contributed by atoms with Crippen LogP contribution in [-0.2, 0) is 9.59 Å². The molecule has 1 fully saturated rings. The van der Waals surface area contributed by atoms with E-state index in [1.165, 1.54) is 0 Å². The third kappa shape index (κ3) is 7.85. The van der Waals surface area contributed by atoms with Crippen LogP contribution in [-0.4, -0.2) is 68.4 Å². The van der Waals surface area contributed by atoms with E-state index in [-0.39, 0.29) is 48.5 Å². The van der Waals surface area contributed by atoms with Gasteiger partial charge in [-0.15, -0.1) is 24.8 Å². The summed E-state index contributed by atoms with van der Waals surface area (Å²) in [7, 11) is 3.94. The molecule has 1 heterocycles. The van der Waals surface area contributed by atoms with Crippen molar-refractivity contribution in [2.45, 2.75) is 13.3 Å². The summed E-state index contributed by atoms with van der Waals surface area (Å²) < 4.78 is 0. The predicted octanol–water partition coefficient (Wildman–Crippen LogP) is -0.0489. The van der Waals surface area contributed by atoms with Crippen LogP contribution in [0.15, 0.2) is 0 Å². The number of nitrogens with one attached hydrogen (secondary N) is 1. The van der Waals surface area contributed by atoms with Crippen LogP contribution in [0.5, 0.6) is 0 Å². The zero-order valence-corrected chi connectivity index (χ0v) is 14.6. The van der Waals surface area contributed by atoms with Gasteiger partial charge in [-0.25, -0.2) is 0 Å². The maximum Gasteiger partial charge on any atom is 0.225 e. The highest BCUT2D eigenvalue weighted by Gasteiger charge is 2.33. The molecule has 0 spiro atoms. The quantitative estimate of drug-likeness (QED) is 0.680. The second-order valence-corrected chi connectivity index (χ2v) is 5.63. The van der Waals surface area contributed by atoms with Gasteiger partial charge >= 0.3 is 0 Å². The highest BCUT2D eigenvalue weighted by molar-refractivity contribution is 5.89. The Kier molecular flexibility index (Phi) is 12.0. The summed E-state index contributed by atoms with van der Waals surface area (Å²) in [4.78, 5) is 27.6. The molecule has 0 bridgehead atoms. The van der Waals surface area contributed by atoms with E-state index in [1.807, 2.05) is 25.9 Å². The number of carbonyl (C=O) groups is 2. The lowest BCUT2D eigenvalue weighted by Crippen LogP contribution is -2.37. The van der Waals surface area contributed by atoms with Crippen molar-refractivity contribution in [3.63, 3.8) is 0 Å². The van der Waals surface area contributed by atoms with Gasteiger partial charge in [0.25, 0.3) is 0 Å². The maximum atomic E-state index is 12.0. The minimum absolute atomic E-state index is 0. The van der Waals surface area contributed by atoms with E-state index in [0.717, 1.165) is 6.54 Å². The minimum Gasteiger partial charge on any atom is -0.355 e. The van der Waals surface area contributed by atoms with Crippen molar-refractivity contribution < 1.29 is 9.59 Å². The van der Waals surface area contributed by atoms with Gasteiger partial charge in [0.1, 0.15) is 0 Å². The number of likely N-dealkylation sites (tertiary alicyclic amines) is 1. The Bertz CT molecular complexity index is 329. The lowest BCUT2D eigenvalue weighted by molar-refractivity contribution is -0.129. The van der Waals surface area contributed by atoms with Crippen molar-refractivity contribution in [1.82, 2.24) is 15.1 Å². The van der Waals surface area contributed by atoms with Crippen molar-refractivity contribution in [2.24, 2.45) is 17.6 Å². The van der Waals surface area contributed by atoms with Gasteiger partial charge in [0.05, 0.1) is 5.92 Å². The zero-order chi connectivity index (χ0) is 14.4. The summed E-state index contributed by atoms with van der Waals surface area (Å²) in [5, 5.41) is 2.87. The highest BCUT2D eigenvalue weighted by atomic mass is 35.5. The van der Waals surface area contributed by atoms with Gasteiger partial charge in [-0.1, -0.05) is 6.92 Å². The molecule has 8 heteroatoms. The zero-order valence-electron chi connectivity index (χ0n) is 13.0. The van der Waals surface area contributed by atoms with Crippen molar-refractivity contribution in [3.8, 4) is 0 Å². The van der Waals surface area contributed by atoms with Gasteiger partial charge in [-0.05, 0) is 26.6 Å². The first kappa shape index (κ1) is 22.7. The molecule has 0 aromatic carbocycles. The fourth-order valence-electron chi connectivity index (χ4n) is 1.99. The number of hydrogen-bond donors (Lipinski definition) is 2. The summed E-state index contributed by atoms with van der Waals surface area (Å²) in [6, 6.07) is 0. The van der Waals surface area contributed by atoms with Crippen LogP contribution in [0.4, 0.5) is 0 Å². The summed E-state index contributed by atoms with van der Waals surface area (Å²) in [6.07, 6.45) is 0.330. The largest absolute Gasteiger partial charge is 0.355 e. The number of hydrogen-bond acceptors (Lipinski definition) is 4. The van der Waals surface area contributed by atoms with E-state index in [2.05, 4.69) is 5.32 Å². The van der Waals surface area contributed by atoms with Crippen LogP contribution in [0.1, 0.15) is 13.3 Å². The number of nitrogens with two attached hydrogens (primary N) is 1. The third-order valence-corrected chi connectivity index (χ3v) is 3.43. The Hall–Kier alpha value is -0.560. The van der Waals surface area contributed by atoms with Crippen molar-refractivity contribution in [1.29, 1.82) is 0 Å². The molecule has 0 aromatic heterocycles. The van der Waals surface area contributed by atoms with E-state index in [0.29, 0.717) is 32.6 Å². The number of amides is 2. The Labute approximate surface area is 139 Å². The molecule has 0 aliphatic carbocycles. The molecular weight excluding hydrogens is 315 g/mol.